The zero-order valence-corrected chi connectivity index (χ0v) is 18.5. The van der Waals surface area contributed by atoms with Crippen LogP contribution in [0.25, 0.3) is 21.9 Å². The quantitative estimate of drug-likeness (QED) is 0.396. The number of aryl methyl sites for hydroxylation is 2. The SMILES string of the molecule is COc1ccccc1Cn1cnc2c3cc(C)ccc3n(Cc3ccc(C)cc3)c2c1=O. The second-order valence-electron chi connectivity index (χ2n) is 8.28. The van der Waals surface area contributed by atoms with Gasteiger partial charge in [0.1, 0.15) is 16.8 Å². The van der Waals surface area contributed by atoms with E-state index in [1.807, 2.05) is 24.3 Å². The lowest BCUT2D eigenvalue weighted by atomic mass is 10.1. The van der Waals surface area contributed by atoms with E-state index >= 15 is 0 Å². The molecule has 0 radical (unpaired) electrons. The normalized spacial score (nSPS) is 11.3. The lowest BCUT2D eigenvalue weighted by molar-refractivity contribution is 0.408. The summed E-state index contributed by atoms with van der Waals surface area (Å²) in [6.07, 6.45) is 1.65. The number of para-hydroxylation sites is 1. The van der Waals surface area contributed by atoms with E-state index in [0.29, 0.717) is 18.6 Å². The summed E-state index contributed by atoms with van der Waals surface area (Å²) < 4.78 is 9.24. The zero-order chi connectivity index (χ0) is 22.2. The number of benzene rings is 3. The summed E-state index contributed by atoms with van der Waals surface area (Å²) in [6, 6.07) is 22.5. The van der Waals surface area contributed by atoms with Crippen molar-refractivity contribution in [3.05, 3.63) is 106 Å². The van der Waals surface area contributed by atoms with Crippen LogP contribution in [0.3, 0.4) is 0 Å². The third-order valence-corrected chi connectivity index (χ3v) is 5.98. The molecule has 0 saturated heterocycles. The average Bonchev–Trinajstić information content (AvgIpc) is 3.10. The maximum atomic E-state index is 13.7. The van der Waals surface area contributed by atoms with Gasteiger partial charge in [-0.15, -0.1) is 0 Å². The van der Waals surface area contributed by atoms with Crippen LogP contribution in [0.15, 0.2) is 77.9 Å². The molecule has 0 aliphatic heterocycles. The van der Waals surface area contributed by atoms with E-state index in [1.165, 1.54) is 5.56 Å². The molecule has 2 aromatic heterocycles. The van der Waals surface area contributed by atoms with Crippen LogP contribution in [0.5, 0.6) is 5.75 Å². The highest BCUT2D eigenvalue weighted by Gasteiger charge is 2.17. The summed E-state index contributed by atoms with van der Waals surface area (Å²) in [5.74, 6) is 0.760. The van der Waals surface area contributed by atoms with Gasteiger partial charge in [0.05, 0.1) is 25.5 Å². The third-order valence-electron chi connectivity index (χ3n) is 5.98. The summed E-state index contributed by atoms with van der Waals surface area (Å²) in [4.78, 5) is 18.5. The Balaban J connectivity index is 1.71. The number of hydrogen-bond acceptors (Lipinski definition) is 3. The van der Waals surface area contributed by atoms with E-state index < -0.39 is 0 Å². The molecule has 0 spiro atoms. The molecule has 0 aliphatic carbocycles. The molecule has 32 heavy (non-hydrogen) atoms. The van der Waals surface area contributed by atoms with Crippen molar-refractivity contribution in [1.82, 2.24) is 14.1 Å². The van der Waals surface area contributed by atoms with Crippen LogP contribution in [0.4, 0.5) is 0 Å². The Morgan fingerprint density at radius 1 is 0.906 bits per heavy atom. The van der Waals surface area contributed by atoms with Crippen molar-refractivity contribution in [2.45, 2.75) is 26.9 Å². The summed E-state index contributed by atoms with van der Waals surface area (Å²) in [7, 11) is 1.64. The summed E-state index contributed by atoms with van der Waals surface area (Å²) in [6.45, 7) is 5.15. The van der Waals surface area contributed by atoms with Crippen molar-refractivity contribution in [1.29, 1.82) is 0 Å². The predicted molar refractivity (Wildman–Crippen MR) is 129 cm³/mol. The molecule has 0 aliphatic rings. The van der Waals surface area contributed by atoms with Gasteiger partial charge in [-0.25, -0.2) is 4.98 Å². The molecule has 0 fully saturated rings. The predicted octanol–water partition coefficient (Wildman–Crippen LogP) is 5.07. The first kappa shape index (κ1) is 20.1. The molecule has 5 rings (SSSR count). The molecular weight excluding hydrogens is 398 g/mol. The van der Waals surface area contributed by atoms with Crippen LogP contribution in [-0.4, -0.2) is 21.2 Å². The van der Waals surface area contributed by atoms with Crippen molar-refractivity contribution in [2.24, 2.45) is 0 Å². The van der Waals surface area contributed by atoms with E-state index in [0.717, 1.165) is 38.9 Å². The number of nitrogens with zero attached hydrogens (tertiary/aromatic N) is 3. The maximum Gasteiger partial charge on any atom is 0.278 e. The molecule has 0 unspecified atom stereocenters. The van der Waals surface area contributed by atoms with Crippen molar-refractivity contribution in [3.8, 4) is 5.75 Å². The number of methoxy groups -OCH3 is 1. The Kier molecular flexibility index (Phi) is 5.02. The monoisotopic (exact) mass is 423 g/mol. The summed E-state index contributed by atoms with van der Waals surface area (Å²) >= 11 is 0. The highest BCUT2D eigenvalue weighted by molar-refractivity contribution is 6.05. The molecular formula is C27H25N3O2. The second-order valence-corrected chi connectivity index (χ2v) is 8.28. The molecule has 160 valence electrons. The average molecular weight is 424 g/mol. The van der Waals surface area contributed by atoms with Gasteiger partial charge in [0.2, 0.25) is 0 Å². The fraction of sp³-hybridized carbons (Fsp3) is 0.185. The Labute approximate surface area is 186 Å². The van der Waals surface area contributed by atoms with Gasteiger partial charge in [-0.1, -0.05) is 59.7 Å². The van der Waals surface area contributed by atoms with Crippen LogP contribution >= 0.6 is 0 Å². The van der Waals surface area contributed by atoms with Crippen molar-refractivity contribution in [3.63, 3.8) is 0 Å². The van der Waals surface area contributed by atoms with Crippen molar-refractivity contribution < 1.29 is 4.74 Å². The number of ether oxygens (including phenoxy) is 1. The molecule has 5 heteroatoms. The number of hydrogen-bond donors (Lipinski definition) is 0. The first-order chi connectivity index (χ1) is 15.5. The smallest absolute Gasteiger partial charge is 0.278 e. The van der Waals surface area contributed by atoms with Gasteiger partial charge in [0, 0.05) is 17.5 Å². The molecule has 0 saturated carbocycles. The summed E-state index contributed by atoms with van der Waals surface area (Å²) in [5, 5.41) is 1.01. The number of rotatable bonds is 5. The lowest BCUT2D eigenvalue weighted by Crippen LogP contribution is -2.23. The first-order valence-corrected chi connectivity index (χ1v) is 10.7. The Bertz CT molecular complexity index is 1490. The minimum absolute atomic E-state index is 0.0538. The van der Waals surface area contributed by atoms with Crippen LogP contribution in [0, 0.1) is 13.8 Å². The van der Waals surface area contributed by atoms with Gasteiger partial charge in [-0.05, 0) is 37.6 Å². The molecule has 2 heterocycles. The topological polar surface area (TPSA) is 49.0 Å². The molecule has 0 N–H and O–H groups in total. The highest BCUT2D eigenvalue weighted by Crippen LogP contribution is 2.28. The highest BCUT2D eigenvalue weighted by atomic mass is 16.5. The minimum Gasteiger partial charge on any atom is -0.496 e. The van der Waals surface area contributed by atoms with E-state index in [4.69, 9.17) is 9.72 Å². The third kappa shape index (κ3) is 3.46. The minimum atomic E-state index is -0.0538. The van der Waals surface area contributed by atoms with Gasteiger partial charge in [-0.2, -0.15) is 0 Å². The van der Waals surface area contributed by atoms with E-state index in [2.05, 4.69) is 60.9 Å². The van der Waals surface area contributed by atoms with Crippen LogP contribution in [0.2, 0.25) is 0 Å². The second kappa shape index (κ2) is 8.00. The Hall–Kier alpha value is -3.86. The van der Waals surface area contributed by atoms with Crippen LogP contribution < -0.4 is 10.3 Å². The van der Waals surface area contributed by atoms with Crippen LogP contribution in [0.1, 0.15) is 22.3 Å². The Morgan fingerprint density at radius 3 is 2.44 bits per heavy atom. The van der Waals surface area contributed by atoms with Crippen LogP contribution in [-0.2, 0) is 13.1 Å². The van der Waals surface area contributed by atoms with Gasteiger partial charge in [0.25, 0.3) is 5.56 Å². The van der Waals surface area contributed by atoms with Gasteiger partial charge in [-0.3, -0.25) is 9.36 Å². The van der Waals surface area contributed by atoms with E-state index in [9.17, 15) is 4.79 Å². The van der Waals surface area contributed by atoms with Gasteiger partial charge in [0.15, 0.2) is 0 Å². The molecule has 0 bridgehead atoms. The molecule has 0 amide bonds. The molecule has 3 aromatic carbocycles. The first-order valence-electron chi connectivity index (χ1n) is 10.7. The molecule has 5 nitrogen and oxygen atoms in total. The molecule has 0 atom stereocenters. The number of aromatic nitrogens is 3. The van der Waals surface area contributed by atoms with Crippen molar-refractivity contribution in [2.75, 3.05) is 7.11 Å². The standard InChI is InChI=1S/C27H25N3O2/c1-18-8-11-20(12-9-18)15-30-23-13-10-19(2)14-22(23)25-26(30)27(31)29(17-28-25)16-21-6-4-5-7-24(21)32-3/h4-14,17H,15-16H2,1-3H3. The number of fused-ring (bicyclic) bond motifs is 3. The summed E-state index contributed by atoms with van der Waals surface area (Å²) in [5.41, 5.74) is 6.79. The Morgan fingerprint density at radius 2 is 1.66 bits per heavy atom. The fourth-order valence-corrected chi connectivity index (χ4v) is 4.28. The van der Waals surface area contributed by atoms with Gasteiger partial charge < -0.3 is 9.30 Å². The van der Waals surface area contributed by atoms with E-state index in [-0.39, 0.29) is 5.56 Å². The van der Waals surface area contributed by atoms with Gasteiger partial charge >= 0.3 is 0 Å². The molecule has 5 aromatic rings. The maximum absolute atomic E-state index is 13.7. The lowest BCUT2D eigenvalue weighted by Gasteiger charge is -2.11. The fourth-order valence-electron chi connectivity index (χ4n) is 4.28. The zero-order valence-electron chi connectivity index (χ0n) is 18.5. The largest absolute Gasteiger partial charge is 0.496 e. The van der Waals surface area contributed by atoms with E-state index in [1.54, 1.807) is 18.0 Å². The van der Waals surface area contributed by atoms with Crippen molar-refractivity contribution >= 4 is 21.9 Å².